The van der Waals surface area contributed by atoms with E-state index in [1.54, 1.807) is 23.7 Å². The van der Waals surface area contributed by atoms with E-state index in [9.17, 15) is 14.0 Å². The summed E-state index contributed by atoms with van der Waals surface area (Å²) in [4.78, 5) is 34.2. The number of ketones is 2. The first-order chi connectivity index (χ1) is 14.6. The SMILES string of the molecule is Cn1ncc(C(=O)CCCF)c1C(=O)Cc1ccn2cc(-c3ccccc3)nc2n1. The summed E-state index contributed by atoms with van der Waals surface area (Å²) in [5, 5.41) is 4.04. The molecule has 4 rings (SSSR count). The van der Waals surface area contributed by atoms with Gasteiger partial charge in [-0.3, -0.25) is 23.1 Å². The van der Waals surface area contributed by atoms with Crippen LogP contribution >= 0.6 is 0 Å². The van der Waals surface area contributed by atoms with Crippen molar-refractivity contribution in [1.29, 1.82) is 0 Å². The number of benzene rings is 1. The van der Waals surface area contributed by atoms with E-state index < -0.39 is 6.67 Å². The fourth-order valence-electron chi connectivity index (χ4n) is 3.34. The zero-order valence-corrected chi connectivity index (χ0v) is 16.5. The van der Waals surface area contributed by atoms with Crippen LogP contribution in [0.3, 0.4) is 0 Å². The molecule has 0 aliphatic heterocycles. The highest BCUT2D eigenvalue weighted by molar-refractivity contribution is 6.08. The van der Waals surface area contributed by atoms with E-state index >= 15 is 0 Å². The molecule has 0 aliphatic carbocycles. The number of aromatic nitrogens is 5. The fourth-order valence-corrected chi connectivity index (χ4v) is 3.34. The largest absolute Gasteiger partial charge is 0.294 e. The van der Waals surface area contributed by atoms with Crippen molar-refractivity contribution in [3.05, 3.63) is 71.9 Å². The zero-order valence-electron chi connectivity index (χ0n) is 16.5. The monoisotopic (exact) mass is 405 g/mol. The molecule has 0 unspecified atom stereocenters. The van der Waals surface area contributed by atoms with Gasteiger partial charge in [-0.05, 0) is 12.5 Å². The van der Waals surface area contributed by atoms with Crippen LogP contribution < -0.4 is 0 Å². The van der Waals surface area contributed by atoms with Crippen molar-refractivity contribution in [2.75, 3.05) is 6.67 Å². The lowest BCUT2D eigenvalue weighted by atomic mass is 10.0. The summed E-state index contributed by atoms with van der Waals surface area (Å²) in [6.07, 6.45) is 5.23. The number of nitrogens with zero attached hydrogens (tertiary/aromatic N) is 5. The normalized spacial score (nSPS) is 11.1. The van der Waals surface area contributed by atoms with Crippen LogP contribution in [0.1, 0.15) is 39.4 Å². The van der Waals surface area contributed by atoms with E-state index in [0.29, 0.717) is 11.5 Å². The highest BCUT2D eigenvalue weighted by Crippen LogP contribution is 2.19. The smallest absolute Gasteiger partial charge is 0.234 e. The first-order valence-corrected chi connectivity index (χ1v) is 9.61. The molecule has 1 aromatic carbocycles. The van der Waals surface area contributed by atoms with Gasteiger partial charge in [-0.15, -0.1) is 0 Å². The molecule has 0 N–H and O–H groups in total. The van der Waals surface area contributed by atoms with Crippen molar-refractivity contribution in [3.8, 4) is 11.3 Å². The molecule has 8 heteroatoms. The third kappa shape index (κ3) is 3.89. The predicted octanol–water partition coefficient (Wildman–Crippen LogP) is 3.49. The van der Waals surface area contributed by atoms with Crippen LogP contribution in [0, 0.1) is 0 Å². The van der Waals surface area contributed by atoms with Crippen molar-refractivity contribution in [3.63, 3.8) is 0 Å². The first-order valence-electron chi connectivity index (χ1n) is 9.61. The topological polar surface area (TPSA) is 82.2 Å². The highest BCUT2D eigenvalue weighted by Gasteiger charge is 2.22. The van der Waals surface area contributed by atoms with Gasteiger partial charge in [0, 0.05) is 31.4 Å². The Morgan fingerprint density at radius 3 is 2.63 bits per heavy atom. The summed E-state index contributed by atoms with van der Waals surface area (Å²) >= 11 is 0. The zero-order chi connectivity index (χ0) is 21.1. The van der Waals surface area contributed by atoms with E-state index in [2.05, 4.69) is 15.1 Å². The summed E-state index contributed by atoms with van der Waals surface area (Å²) in [5.41, 5.74) is 2.75. The van der Waals surface area contributed by atoms with Crippen molar-refractivity contribution in [2.45, 2.75) is 19.3 Å². The lowest BCUT2D eigenvalue weighted by Crippen LogP contribution is -2.15. The molecule has 0 atom stereocenters. The maximum absolute atomic E-state index is 12.9. The second-order valence-electron chi connectivity index (χ2n) is 6.96. The molecule has 0 amide bonds. The molecule has 4 aromatic rings. The number of imidazole rings is 1. The molecule has 0 bridgehead atoms. The number of halogens is 1. The maximum Gasteiger partial charge on any atom is 0.234 e. The molecule has 0 saturated carbocycles. The number of carbonyl (C=O) groups excluding carboxylic acids is 2. The van der Waals surface area contributed by atoms with Gasteiger partial charge in [-0.25, -0.2) is 9.97 Å². The van der Waals surface area contributed by atoms with Gasteiger partial charge < -0.3 is 0 Å². The molecular formula is C22H20FN5O2. The number of carbonyl (C=O) groups is 2. The van der Waals surface area contributed by atoms with Crippen molar-refractivity contribution < 1.29 is 14.0 Å². The van der Waals surface area contributed by atoms with Crippen LogP contribution in [0.15, 0.2) is 55.0 Å². The second-order valence-corrected chi connectivity index (χ2v) is 6.96. The van der Waals surface area contributed by atoms with E-state index in [-0.39, 0.29) is 42.1 Å². The number of hydrogen-bond acceptors (Lipinski definition) is 5. The summed E-state index contributed by atoms with van der Waals surface area (Å²) in [5.74, 6) is -0.0676. The van der Waals surface area contributed by atoms with Gasteiger partial charge >= 0.3 is 0 Å². The molecule has 0 radical (unpaired) electrons. The Morgan fingerprint density at radius 2 is 1.87 bits per heavy atom. The molecule has 30 heavy (non-hydrogen) atoms. The lowest BCUT2D eigenvalue weighted by molar-refractivity contribution is 0.0946. The number of Topliss-reactive ketones (excluding diaryl/α,β-unsaturated/α-hetero) is 2. The molecular weight excluding hydrogens is 385 g/mol. The van der Waals surface area contributed by atoms with Crippen LogP contribution in [0.2, 0.25) is 0 Å². The standard InChI is InChI=1S/C22H20FN5O2/c1-27-21(17(13-24-27)19(29)8-5-10-23)20(30)12-16-9-11-28-14-18(26-22(28)25-16)15-6-3-2-4-7-15/h2-4,6-7,9,11,13-14H,5,8,10,12H2,1H3. The Balaban J connectivity index is 1.58. The van der Waals surface area contributed by atoms with Crippen LogP contribution in [-0.2, 0) is 13.5 Å². The van der Waals surface area contributed by atoms with E-state index in [1.165, 1.54) is 10.9 Å². The van der Waals surface area contributed by atoms with Crippen LogP contribution in [0.25, 0.3) is 17.0 Å². The molecule has 3 aromatic heterocycles. The van der Waals surface area contributed by atoms with Crippen LogP contribution in [-0.4, -0.2) is 42.4 Å². The number of fused-ring (bicyclic) bond motifs is 1. The number of rotatable bonds is 8. The van der Waals surface area contributed by atoms with Crippen molar-refractivity contribution in [1.82, 2.24) is 24.1 Å². The minimum absolute atomic E-state index is 0.00690. The molecule has 7 nitrogen and oxygen atoms in total. The summed E-state index contributed by atoms with van der Waals surface area (Å²) < 4.78 is 15.6. The number of aryl methyl sites for hydroxylation is 1. The average molecular weight is 405 g/mol. The summed E-state index contributed by atoms with van der Waals surface area (Å²) in [6.45, 7) is -0.575. The van der Waals surface area contributed by atoms with E-state index in [4.69, 9.17) is 0 Å². The van der Waals surface area contributed by atoms with Gasteiger partial charge in [0.25, 0.3) is 0 Å². The number of hydrogen-bond donors (Lipinski definition) is 0. The van der Waals surface area contributed by atoms with Crippen molar-refractivity contribution >= 4 is 17.3 Å². The quantitative estimate of drug-likeness (QED) is 0.419. The predicted molar refractivity (Wildman–Crippen MR) is 109 cm³/mol. The van der Waals surface area contributed by atoms with Gasteiger partial charge in [0.1, 0.15) is 5.69 Å². The Hall–Kier alpha value is -3.68. The Morgan fingerprint density at radius 1 is 1.07 bits per heavy atom. The minimum atomic E-state index is -0.575. The maximum atomic E-state index is 12.9. The van der Waals surface area contributed by atoms with E-state index in [0.717, 1.165) is 11.3 Å². The Bertz CT molecular complexity index is 1210. The highest BCUT2D eigenvalue weighted by atomic mass is 19.1. The third-order valence-corrected chi connectivity index (χ3v) is 4.84. The molecule has 0 aliphatic rings. The van der Waals surface area contributed by atoms with Gasteiger partial charge in [-0.2, -0.15) is 5.10 Å². The summed E-state index contributed by atoms with van der Waals surface area (Å²) in [7, 11) is 1.61. The first kappa shape index (κ1) is 19.6. The van der Waals surface area contributed by atoms with Crippen LogP contribution in [0.4, 0.5) is 4.39 Å². The number of alkyl halides is 1. The summed E-state index contributed by atoms with van der Waals surface area (Å²) in [6, 6.07) is 11.5. The lowest BCUT2D eigenvalue weighted by Gasteiger charge is -2.05. The molecule has 0 spiro atoms. The van der Waals surface area contributed by atoms with Gasteiger partial charge in [0.2, 0.25) is 5.78 Å². The molecule has 0 saturated heterocycles. The third-order valence-electron chi connectivity index (χ3n) is 4.84. The van der Waals surface area contributed by atoms with Gasteiger partial charge in [-0.1, -0.05) is 30.3 Å². The van der Waals surface area contributed by atoms with E-state index in [1.807, 2.05) is 36.5 Å². The Labute approximate surface area is 172 Å². The molecule has 3 heterocycles. The van der Waals surface area contributed by atoms with Crippen LogP contribution in [0.5, 0.6) is 0 Å². The van der Waals surface area contributed by atoms with Gasteiger partial charge in [0.05, 0.1) is 36.2 Å². The van der Waals surface area contributed by atoms with Crippen molar-refractivity contribution in [2.24, 2.45) is 7.05 Å². The fraction of sp³-hybridized carbons (Fsp3) is 0.227. The Kier molecular flexibility index (Phi) is 5.47. The average Bonchev–Trinajstić information content (AvgIpc) is 3.36. The van der Waals surface area contributed by atoms with Gasteiger partial charge in [0.15, 0.2) is 11.6 Å². The second kappa shape index (κ2) is 8.36. The molecule has 152 valence electrons. The minimum Gasteiger partial charge on any atom is -0.294 e. The molecule has 0 fully saturated rings.